The number of hydrogen-bond acceptors (Lipinski definition) is 3. The lowest BCUT2D eigenvalue weighted by Crippen LogP contribution is -2.33. The number of nitrogens with one attached hydrogen (secondary N) is 2. The fourth-order valence-corrected chi connectivity index (χ4v) is 2.30. The number of amides is 1. The third-order valence-electron chi connectivity index (χ3n) is 4.21. The van der Waals surface area contributed by atoms with Crippen molar-refractivity contribution in [1.29, 1.82) is 0 Å². The first kappa shape index (κ1) is 15.0. The molecule has 2 rings (SSSR count). The van der Waals surface area contributed by atoms with Crippen molar-refractivity contribution in [3.8, 4) is 0 Å². The lowest BCUT2D eigenvalue weighted by Gasteiger charge is -2.22. The maximum Gasteiger partial charge on any atom is 0.271 e. The van der Waals surface area contributed by atoms with Crippen molar-refractivity contribution in [2.24, 2.45) is 11.8 Å². The van der Waals surface area contributed by atoms with E-state index in [1.807, 2.05) is 16.9 Å². The van der Waals surface area contributed by atoms with E-state index in [1.54, 1.807) is 0 Å². The van der Waals surface area contributed by atoms with Gasteiger partial charge in [0.15, 0.2) is 0 Å². The van der Waals surface area contributed by atoms with Gasteiger partial charge in [0.2, 0.25) is 0 Å². The largest absolute Gasteiger partial charge is 0.350 e. The molecule has 0 spiro atoms. The van der Waals surface area contributed by atoms with Crippen LogP contribution in [-0.4, -0.2) is 35.3 Å². The summed E-state index contributed by atoms with van der Waals surface area (Å²) in [6.07, 6.45) is 4.20. The molecule has 0 bridgehead atoms. The number of nitrogens with zero attached hydrogens (tertiary/aromatic N) is 2. The molecule has 1 aromatic heterocycles. The van der Waals surface area contributed by atoms with Crippen LogP contribution in [-0.2, 0) is 0 Å². The highest BCUT2D eigenvalue weighted by atomic mass is 16.1. The van der Waals surface area contributed by atoms with Gasteiger partial charge in [-0.05, 0) is 37.3 Å². The minimum atomic E-state index is -0.0694. The van der Waals surface area contributed by atoms with Crippen LogP contribution in [0.5, 0.6) is 0 Å². The fraction of sp³-hybridized carbons (Fsp3) is 0.733. The van der Waals surface area contributed by atoms with E-state index in [0.717, 1.165) is 25.9 Å². The Morgan fingerprint density at radius 1 is 1.55 bits per heavy atom. The minimum Gasteiger partial charge on any atom is -0.350 e. The fourth-order valence-electron chi connectivity index (χ4n) is 2.30. The van der Waals surface area contributed by atoms with Gasteiger partial charge in [-0.2, -0.15) is 5.10 Å². The molecule has 2 unspecified atom stereocenters. The van der Waals surface area contributed by atoms with E-state index in [2.05, 4.69) is 36.5 Å². The van der Waals surface area contributed by atoms with Gasteiger partial charge < -0.3 is 10.6 Å². The van der Waals surface area contributed by atoms with Crippen LogP contribution in [0.15, 0.2) is 12.3 Å². The molecule has 1 aromatic rings. The lowest BCUT2D eigenvalue weighted by molar-refractivity contribution is 0.0938. The van der Waals surface area contributed by atoms with Crippen molar-refractivity contribution in [3.63, 3.8) is 0 Å². The molecule has 0 aromatic carbocycles. The van der Waals surface area contributed by atoms with E-state index >= 15 is 0 Å². The minimum absolute atomic E-state index is 0.0694. The number of hydrogen-bond donors (Lipinski definition) is 2. The van der Waals surface area contributed by atoms with Crippen LogP contribution < -0.4 is 10.6 Å². The van der Waals surface area contributed by atoms with Gasteiger partial charge in [0, 0.05) is 19.3 Å². The van der Waals surface area contributed by atoms with Gasteiger partial charge in [0.05, 0.1) is 6.04 Å². The second kappa shape index (κ2) is 6.88. The normalized spacial score (nSPS) is 20.9. The van der Waals surface area contributed by atoms with Gasteiger partial charge in [-0.3, -0.25) is 9.48 Å². The summed E-state index contributed by atoms with van der Waals surface area (Å²) in [4.78, 5) is 12.1. The molecule has 1 saturated heterocycles. The molecule has 0 aliphatic carbocycles. The van der Waals surface area contributed by atoms with Gasteiger partial charge in [-0.1, -0.05) is 20.8 Å². The van der Waals surface area contributed by atoms with Crippen molar-refractivity contribution < 1.29 is 4.79 Å². The highest BCUT2D eigenvalue weighted by Crippen LogP contribution is 2.15. The molecular weight excluding hydrogens is 252 g/mol. The molecule has 2 atom stereocenters. The topological polar surface area (TPSA) is 59.0 Å². The lowest BCUT2D eigenvalue weighted by atomic mass is 9.98. The second-order valence-corrected chi connectivity index (χ2v) is 6.11. The summed E-state index contributed by atoms with van der Waals surface area (Å²) in [5.41, 5.74) is 0.520. The summed E-state index contributed by atoms with van der Waals surface area (Å²) in [5.74, 6) is 0.977. The van der Waals surface area contributed by atoms with Crippen molar-refractivity contribution in [3.05, 3.63) is 18.0 Å². The molecule has 112 valence electrons. The summed E-state index contributed by atoms with van der Waals surface area (Å²) < 4.78 is 1.92. The van der Waals surface area contributed by atoms with Crippen LogP contribution in [0.3, 0.4) is 0 Å². The molecule has 5 heteroatoms. The SMILES string of the molecule is CC(C)C(C)CNC(=O)c1ccn(C2CCCNC2)n1. The van der Waals surface area contributed by atoms with Crippen molar-refractivity contribution in [2.75, 3.05) is 19.6 Å². The number of carbonyl (C=O) groups is 1. The second-order valence-electron chi connectivity index (χ2n) is 6.11. The quantitative estimate of drug-likeness (QED) is 0.864. The zero-order chi connectivity index (χ0) is 14.5. The monoisotopic (exact) mass is 278 g/mol. The summed E-state index contributed by atoms with van der Waals surface area (Å²) in [5, 5.41) is 10.8. The molecule has 2 N–H and O–H groups in total. The average molecular weight is 278 g/mol. The summed E-state index contributed by atoms with van der Waals surface area (Å²) in [6, 6.07) is 2.18. The highest BCUT2D eigenvalue weighted by Gasteiger charge is 2.18. The zero-order valence-electron chi connectivity index (χ0n) is 12.7. The molecule has 5 nitrogen and oxygen atoms in total. The van der Waals surface area contributed by atoms with Gasteiger partial charge in [0.25, 0.3) is 5.91 Å². The molecule has 1 aliphatic heterocycles. The van der Waals surface area contributed by atoms with E-state index in [4.69, 9.17) is 0 Å². The van der Waals surface area contributed by atoms with Crippen LogP contribution in [0.1, 0.15) is 50.1 Å². The Morgan fingerprint density at radius 2 is 2.35 bits per heavy atom. The first-order chi connectivity index (χ1) is 9.58. The molecule has 1 fully saturated rings. The summed E-state index contributed by atoms with van der Waals surface area (Å²) in [7, 11) is 0. The Balaban J connectivity index is 1.89. The van der Waals surface area contributed by atoms with Crippen LogP contribution in [0.2, 0.25) is 0 Å². The molecule has 0 radical (unpaired) electrons. The Labute approximate surface area is 121 Å². The third kappa shape index (κ3) is 3.82. The maximum absolute atomic E-state index is 12.1. The van der Waals surface area contributed by atoms with Crippen LogP contribution >= 0.6 is 0 Å². The van der Waals surface area contributed by atoms with E-state index in [-0.39, 0.29) is 5.91 Å². The van der Waals surface area contributed by atoms with Crippen LogP contribution in [0, 0.1) is 11.8 Å². The van der Waals surface area contributed by atoms with Crippen molar-refractivity contribution >= 4 is 5.91 Å². The smallest absolute Gasteiger partial charge is 0.271 e. The molecule has 1 aliphatic rings. The average Bonchev–Trinajstić information content (AvgIpc) is 2.95. The summed E-state index contributed by atoms with van der Waals surface area (Å²) in [6.45, 7) is 9.21. The van der Waals surface area contributed by atoms with E-state index in [0.29, 0.717) is 30.1 Å². The first-order valence-electron chi connectivity index (χ1n) is 7.62. The predicted octanol–water partition coefficient (Wildman–Crippen LogP) is 1.83. The first-order valence-corrected chi connectivity index (χ1v) is 7.62. The van der Waals surface area contributed by atoms with Crippen LogP contribution in [0.25, 0.3) is 0 Å². The van der Waals surface area contributed by atoms with E-state index in [1.165, 1.54) is 0 Å². The Hall–Kier alpha value is -1.36. The number of piperidine rings is 1. The van der Waals surface area contributed by atoms with Gasteiger partial charge in [-0.15, -0.1) is 0 Å². The third-order valence-corrected chi connectivity index (χ3v) is 4.21. The van der Waals surface area contributed by atoms with Crippen molar-refractivity contribution in [1.82, 2.24) is 20.4 Å². The van der Waals surface area contributed by atoms with E-state index in [9.17, 15) is 4.79 Å². The number of carbonyl (C=O) groups excluding carboxylic acids is 1. The highest BCUT2D eigenvalue weighted by molar-refractivity contribution is 5.92. The maximum atomic E-state index is 12.1. The number of aromatic nitrogens is 2. The Kier molecular flexibility index (Phi) is 5.17. The predicted molar refractivity (Wildman–Crippen MR) is 79.7 cm³/mol. The Morgan fingerprint density at radius 3 is 3.00 bits per heavy atom. The zero-order valence-corrected chi connectivity index (χ0v) is 12.7. The number of rotatable bonds is 5. The van der Waals surface area contributed by atoms with Gasteiger partial charge in [0.1, 0.15) is 5.69 Å². The van der Waals surface area contributed by atoms with Crippen LogP contribution in [0.4, 0.5) is 0 Å². The van der Waals surface area contributed by atoms with Crippen molar-refractivity contribution in [2.45, 2.75) is 39.7 Å². The van der Waals surface area contributed by atoms with Gasteiger partial charge in [-0.25, -0.2) is 0 Å². The molecule has 1 amide bonds. The summed E-state index contributed by atoms with van der Waals surface area (Å²) >= 11 is 0. The molecule has 2 heterocycles. The molecular formula is C15H26N4O. The molecule has 20 heavy (non-hydrogen) atoms. The molecule has 0 saturated carbocycles. The standard InChI is InChI=1S/C15H26N4O/c1-11(2)12(3)9-17-15(20)14-6-8-19(18-14)13-5-4-7-16-10-13/h6,8,11-13,16H,4-5,7,9-10H2,1-3H3,(H,17,20). The van der Waals surface area contributed by atoms with Gasteiger partial charge >= 0.3 is 0 Å². The van der Waals surface area contributed by atoms with E-state index < -0.39 is 0 Å². The Bertz CT molecular complexity index is 435.